The maximum atomic E-state index is 12.6. The molecule has 1 heterocycles. The van der Waals surface area contributed by atoms with Gasteiger partial charge < -0.3 is 4.90 Å². The molecule has 2 rings (SSSR count). The zero-order valence-corrected chi connectivity index (χ0v) is 15.4. The summed E-state index contributed by atoms with van der Waals surface area (Å²) in [6.07, 6.45) is 0. The SMILES string of the molecule is CC(C)CN1CCN(S(=O)(=O)c2ccc(Cl)c(Br)c2)CC1. The summed E-state index contributed by atoms with van der Waals surface area (Å²) in [4.78, 5) is 2.60. The second kappa shape index (κ2) is 6.96. The van der Waals surface area contributed by atoms with Crippen LogP contribution in [0.5, 0.6) is 0 Å². The molecule has 0 aromatic heterocycles. The molecule has 0 radical (unpaired) electrons. The first kappa shape index (κ1) is 17.2. The topological polar surface area (TPSA) is 40.6 Å². The van der Waals surface area contributed by atoms with Gasteiger partial charge >= 0.3 is 0 Å². The van der Waals surface area contributed by atoms with Crippen molar-refractivity contribution in [1.29, 1.82) is 0 Å². The second-order valence-electron chi connectivity index (χ2n) is 5.67. The molecule has 1 aliphatic heterocycles. The molecule has 1 aromatic carbocycles. The smallest absolute Gasteiger partial charge is 0.243 e. The van der Waals surface area contributed by atoms with Crippen molar-refractivity contribution in [3.05, 3.63) is 27.7 Å². The largest absolute Gasteiger partial charge is 0.300 e. The first-order valence-electron chi connectivity index (χ1n) is 6.98. The maximum absolute atomic E-state index is 12.6. The van der Waals surface area contributed by atoms with E-state index in [2.05, 4.69) is 34.7 Å². The van der Waals surface area contributed by atoms with Crippen LogP contribution in [0.2, 0.25) is 5.02 Å². The molecule has 7 heteroatoms. The van der Waals surface area contributed by atoms with Crippen molar-refractivity contribution in [2.45, 2.75) is 18.7 Å². The van der Waals surface area contributed by atoms with Crippen molar-refractivity contribution in [1.82, 2.24) is 9.21 Å². The van der Waals surface area contributed by atoms with E-state index in [0.29, 0.717) is 28.5 Å². The van der Waals surface area contributed by atoms with Gasteiger partial charge in [0.15, 0.2) is 0 Å². The highest BCUT2D eigenvalue weighted by Gasteiger charge is 2.28. The molecule has 1 aromatic rings. The fourth-order valence-corrected chi connectivity index (χ4v) is 4.55. The molecule has 1 aliphatic rings. The quantitative estimate of drug-likeness (QED) is 0.786. The monoisotopic (exact) mass is 394 g/mol. The van der Waals surface area contributed by atoms with Gasteiger partial charge in [0.2, 0.25) is 10.0 Å². The lowest BCUT2D eigenvalue weighted by molar-refractivity contribution is 0.172. The number of hydrogen-bond donors (Lipinski definition) is 0. The van der Waals surface area contributed by atoms with Crippen LogP contribution in [0, 0.1) is 5.92 Å². The Bertz CT molecular complexity index is 599. The summed E-state index contributed by atoms with van der Waals surface area (Å²) in [6.45, 7) is 8.01. The summed E-state index contributed by atoms with van der Waals surface area (Å²) in [7, 11) is -3.44. The molecule has 0 aliphatic carbocycles. The summed E-state index contributed by atoms with van der Waals surface area (Å²) in [5, 5.41) is 0.510. The fraction of sp³-hybridized carbons (Fsp3) is 0.571. The Morgan fingerprint density at radius 3 is 2.38 bits per heavy atom. The third-order valence-corrected chi connectivity index (χ3v) is 6.59. The molecule has 21 heavy (non-hydrogen) atoms. The van der Waals surface area contributed by atoms with Crippen molar-refractivity contribution < 1.29 is 8.42 Å². The van der Waals surface area contributed by atoms with E-state index in [1.807, 2.05) is 0 Å². The Kier molecular flexibility index (Phi) is 5.71. The molecule has 0 amide bonds. The summed E-state index contributed by atoms with van der Waals surface area (Å²) in [5.41, 5.74) is 0. The maximum Gasteiger partial charge on any atom is 0.243 e. The van der Waals surface area contributed by atoms with Gasteiger partial charge in [-0.15, -0.1) is 0 Å². The van der Waals surface area contributed by atoms with Gasteiger partial charge in [-0.2, -0.15) is 4.31 Å². The van der Waals surface area contributed by atoms with Crippen LogP contribution >= 0.6 is 27.5 Å². The van der Waals surface area contributed by atoms with Gasteiger partial charge in [0, 0.05) is 37.2 Å². The van der Waals surface area contributed by atoms with Crippen molar-refractivity contribution in [3.63, 3.8) is 0 Å². The highest BCUT2D eigenvalue weighted by molar-refractivity contribution is 9.10. The van der Waals surface area contributed by atoms with Crippen molar-refractivity contribution in [3.8, 4) is 0 Å². The molecule has 4 nitrogen and oxygen atoms in total. The Balaban J connectivity index is 2.09. The number of sulfonamides is 1. The molecule has 118 valence electrons. The van der Waals surface area contributed by atoms with E-state index >= 15 is 0 Å². The first-order valence-corrected chi connectivity index (χ1v) is 9.59. The molecule has 1 fully saturated rings. The van der Waals surface area contributed by atoms with Gasteiger partial charge in [-0.25, -0.2) is 8.42 Å². The first-order chi connectivity index (χ1) is 9.80. The molecule has 0 N–H and O–H groups in total. The lowest BCUT2D eigenvalue weighted by Crippen LogP contribution is -2.49. The third-order valence-electron chi connectivity index (χ3n) is 3.48. The summed E-state index contributed by atoms with van der Waals surface area (Å²) in [6, 6.07) is 4.73. The van der Waals surface area contributed by atoms with E-state index < -0.39 is 10.0 Å². The Morgan fingerprint density at radius 2 is 1.86 bits per heavy atom. The highest BCUT2D eigenvalue weighted by Crippen LogP contribution is 2.27. The minimum Gasteiger partial charge on any atom is -0.300 e. The van der Waals surface area contributed by atoms with Crippen LogP contribution < -0.4 is 0 Å². The molecular formula is C14H20BrClN2O2S. The molecule has 0 bridgehead atoms. The standard InChI is InChI=1S/C14H20BrClN2O2S/c1-11(2)10-17-5-7-18(8-6-17)21(19,20)12-3-4-14(16)13(15)9-12/h3-4,9,11H,5-8,10H2,1-2H3. The fourth-order valence-electron chi connectivity index (χ4n) is 2.46. The van der Waals surface area contributed by atoms with Gasteiger partial charge in [0.1, 0.15) is 0 Å². The molecule has 0 saturated carbocycles. The van der Waals surface area contributed by atoms with Gasteiger partial charge in [0.05, 0.1) is 9.92 Å². The summed E-state index contributed by atoms with van der Waals surface area (Å²) < 4.78 is 27.4. The van der Waals surface area contributed by atoms with Crippen LogP contribution in [-0.4, -0.2) is 50.3 Å². The Hall–Kier alpha value is -0.140. The Morgan fingerprint density at radius 1 is 1.24 bits per heavy atom. The van der Waals surface area contributed by atoms with Crippen molar-refractivity contribution >= 4 is 37.6 Å². The van der Waals surface area contributed by atoms with Gasteiger partial charge in [-0.3, -0.25) is 0 Å². The minimum absolute atomic E-state index is 0.288. The molecule has 0 atom stereocenters. The van der Waals surface area contributed by atoms with Crippen LogP contribution in [-0.2, 0) is 10.0 Å². The van der Waals surface area contributed by atoms with Crippen molar-refractivity contribution in [2.24, 2.45) is 5.92 Å². The predicted octanol–water partition coefficient (Wildman–Crippen LogP) is 3.06. The van der Waals surface area contributed by atoms with Crippen LogP contribution in [0.4, 0.5) is 0 Å². The van der Waals surface area contributed by atoms with E-state index in [1.54, 1.807) is 22.5 Å². The van der Waals surface area contributed by atoms with Gasteiger partial charge in [-0.05, 0) is 40.0 Å². The number of hydrogen-bond acceptors (Lipinski definition) is 3. The zero-order valence-electron chi connectivity index (χ0n) is 12.2. The average Bonchev–Trinajstić information content (AvgIpc) is 2.41. The van der Waals surface area contributed by atoms with E-state index in [0.717, 1.165) is 19.6 Å². The number of benzene rings is 1. The van der Waals surface area contributed by atoms with Crippen LogP contribution in [0.15, 0.2) is 27.6 Å². The third kappa shape index (κ3) is 4.20. The number of piperazine rings is 1. The van der Waals surface area contributed by atoms with Crippen LogP contribution in [0.1, 0.15) is 13.8 Å². The van der Waals surface area contributed by atoms with Crippen LogP contribution in [0.3, 0.4) is 0 Å². The predicted molar refractivity (Wildman–Crippen MR) is 89.2 cm³/mol. The normalized spacial score (nSPS) is 18.3. The lowest BCUT2D eigenvalue weighted by Gasteiger charge is -2.34. The van der Waals surface area contributed by atoms with E-state index in [1.165, 1.54) is 0 Å². The van der Waals surface area contributed by atoms with Crippen molar-refractivity contribution in [2.75, 3.05) is 32.7 Å². The van der Waals surface area contributed by atoms with Gasteiger partial charge in [0.25, 0.3) is 0 Å². The molecular weight excluding hydrogens is 376 g/mol. The minimum atomic E-state index is -3.44. The molecule has 1 saturated heterocycles. The highest BCUT2D eigenvalue weighted by atomic mass is 79.9. The Labute approximate surface area is 140 Å². The average molecular weight is 396 g/mol. The summed E-state index contributed by atoms with van der Waals surface area (Å²) in [5.74, 6) is 0.598. The molecule has 0 unspecified atom stereocenters. The van der Waals surface area contributed by atoms with E-state index in [-0.39, 0.29) is 4.90 Å². The summed E-state index contributed by atoms with van der Waals surface area (Å²) >= 11 is 9.20. The zero-order chi connectivity index (χ0) is 15.6. The number of nitrogens with zero attached hydrogens (tertiary/aromatic N) is 2. The second-order valence-corrected chi connectivity index (χ2v) is 8.87. The van der Waals surface area contributed by atoms with Crippen LogP contribution in [0.25, 0.3) is 0 Å². The van der Waals surface area contributed by atoms with Gasteiger partial charge in [-0.1, -0.05) is 25.4 Å². The lowest BCUT2D eigenvalue weighted by atomic mass is 10.2. The van der Waals surface area contributed by atoms with E-state index in [4.69, 9.17) is 11.6 Å². The number of halogens is 2. The number of rotatable bonds is 4. The molecule has 0 spiro atoms. The van der Waals surface area contributed by atoms with E-state index in [9.17, 15) is 8.42 Å².